The Bertz CT molecular complexity index is 662. The van der Waals surface area contributed by atoms with Crippen molar-refractivity contribution in [3.63, 3.8) is 0 Å². The monoisotopic (exact) mass is 320 g/mol. The lowest BCUT2D eigenvalue weighted by Crippen LogP contribution is -2.14. The maximum absolute atomic E-state index is 12.7. The van der Waals surface area contributed by atoms with Gasteiger partial charge in [0.25, 0.3) is 0 Å². The number of benzene rings is 1. The van der Waals surface area contributed by atoms with Gasteiger partial charge in [-0.3, -0.25) is 14.4 Å². The molecule has 4 nitrogen and oxygen atoms in total. The number of thiophene rings is 1. The Labute approximate surface area is 130 Å². The molecule has 0 fully saturated rings. The van der Waals surface area contributed by atoms with E-state index in [4.69, 9.17) is 4.74 Å². The summed E-state index contributed by atoms with van der Waals surface area (Å²) in [4.78, 5) is 35.5. The van der Waals surface area contributed by atoms with Crippen LogP contribution in [0.25, 0.3) is 0 Å². The molecule has 2 rings (SSSR count). The highest BCUT2D eigenvalue weighted by atomic mass is 32.1. The summed E-state index contributed by atoms with van der Waals surface area (Å²) in [6.07, 6.45) is -0.161. The molecule has 0 spiro atoms. The highest BCUT2D eigenvalue weighted by Gasteiger charge is 2.13. The van der Waals surface area contributed by atoms with Crippen molar-refractivity contribution >= 4 is 28.9 Å². The van der Waals surface area contributed by atoms with E-state index < -0.39 is 11.8 Å². The number of hydrogen-bond acceptors (Lipinski definition) is 5. The lowest BCUT2D eigenvalue weighted by Gasteiger charge is -2.03. The number of carbonyl (C=O) groups excluding carboxylic acids is 3. The maximum atomic E-state index is 12.7. The van der Waals surface area contributed by atoms with Crippen molar-refractivity contribution in [2.75, 3.05) is 6.61 Å². The van der Waals surface area contributed by atoms with Crippen LogP contribution < -0.4 is 0 Å². The first-order valence-corrected chi connectivity index (χ1v) is 7.45. The Morgan fingerprint density at radius 1 is 1.00 bits per heavy atom. The molecule has 0 bridgehead atoms. The summed E-state index contributed by atoms with van der Waals surface area (Å²) >= 11 is 1.27. The largest absolute Gasteiger partial charge is 0.457 e. The minimum atomic E-state index is -0.611. The van der Waals surface area contributed by atoms with E-state index in [0.717, 1.165) is 0 Å². The highest BCUT2D eigenvalue weighted by molar-refractivity contribution is 7.12. The van der Waals surface area contributed by atoms with Gasteiger partial charge in [0, 0.05) is 12.0 Å². The van der Waals surface area contributed by atoms with Gasteiger partial charge in [-0.25, -0.2) is 4.39 Å². The van der Waals surface area contributed by atoms with Gasteiger partial charge in [-0.15, -0.1) is 11.3 Å². The molecule has 0 saturated heterocycles. The second kappa shape index (κ2) is 7.61. The SMILES string of the molecule is O=C(CCC(=O)c1ccc(F)cc1)OCC(=O)c1cccs1. The molecule has 0 aliphatic carbocycles. The summed E-state index contributed by atoms with van der Waals surface area (Å²) in [5, 5.41) is 1.76. The molecular weight excluding hydrogens is 307 g/mol. The molecule has 22 heavy (non-hydrogen) atoms. The number of hydrogen-bond donors (Lipinski definition) is 0. The first-order chi connectivity index (χ1) is 10.6. The molecule has 0 N–H and O–H groups in total. The molecule has 0 aliphatic heterocycles. The summed E-state index contributed by atoms with van der Waals surface area (Å²) in [6.45, 7) is -0.329. The van der Waals surface area contributed by atoms with Gasteiger partial charge in [-0.1, -0.05) is 6.07 Å². The van der Waals surface area contributed by atoms with Crippen LogP contribution in [0.5, 0.6) is 0 Å². The van der Waals surface area contributed by atoms with Crippen LogP contribution in [-0.4, -0.2) is 24.1 Å². The Hall–Kier alpha value is -2.34. The smallest absolute Gasteiger partial charge is 0.306 e. The molecular formula is C16H13FO4S. The van der Waals surface area contributed by atoms with E-state index in [1.165, 1.54) is 35.6 Å². The zero-order chi connectivity index (χ0) is 15.9. The number of halogens is 1. The summed E-state index contributed by atoms with van der Waals surface area (Å²) in [6, 6.07) is 8.49. The number of Topliss-reactive ketones (excluding diaryl/α,β-unsaturated/α-hetero) is 2. The molecule has 114 valence electrons. The zero-order valence-electron chi connectivity index (χ0n) is 11.6. The van der Waals surface area contributed by atoms with Crippen molar-refractivity contribution < 1.29 is 23.5 Å². The third-order valence-corrected chi connectivity index (χ3v) is 3.79. The van der Waals surface area contributed by atoms with Crippen molar-refractivity contribution in [3.8, 4) is 0 Å². The highest BCUT2D eigenvalue weighted by Crippen LogP contribution is 2.10. The molecule has 1 aromatic heterocycles. The van der Waals surface area contributed by atoms with E-state index in [1.54, 1.807) is 17.5 Å². The van der Waals surface area contributed by atoms with Crippen LogP contribution in [0.4, 0.5) is 4.39 Å². The van der Waals surface area contributed by atoms with Gasteiger partial charge >= 0.3 is 5.97 Å². The molecule has 0 aliphatic rings. The lowest BCUT2D eigenvalue weighted by molar-refractivity contribution is -0.142. The van der Waals surface area contributed by atoms with Crippen LogP contribution in [-0.2, 0) is 9.53 Å². The quantitative estimate of drug-likeness (QED) is 0.580. The maximum Gasteiger partial charge on any atom is 0.306 e. The molecule has 0 atom stereocenters. The Morgan fingerprint density at radius 3 is 2.36 bits per heavy atom. The van der Waals surface area contributed by atoms with Gasteiger partial charge in [0.15, 0.2) is 12.4 Å². The van der Waals surface area contributed by atoms with Crippen LogP contribution in [0, 0.1) is 5.82 Å². The first kappa shape index (κ1) is 16.0. The van der Waals surface area contributed by atoms with Crippen molar-refractivity contribution in [2.45, 2.75) is 12.8 Å². The fraction of sp³-hybridized carbons (Fsp3) is 0.188. The average Bonchev–Trinajstić information content (AvgIpc) is 3.05. The second-order valence-corrected chi connectivity index (χ2v) is 5.44. The number of ether oxygens (including phenoxy) is 1. The molecule has 0 saturated carbocycles. The molecule has 1 aromatic carbocycles. The predicted octanol–water partition coefficient (Wildman–Crippen LogP) is 3.28. The molecule has 1 heterocycles. The van der Waals surface area contributed by atoms with Crippen molar-refractivity contribution in [2.24, 2.45) is 0 Å². The topological polar surface area (TPSA) is 60.4 Å². The average molecular weight is 320 g/mol. The minimum absolute atomic E-state index is 0.0440. The number of ketones is 2. The standard InChI is InChI=1S/C16H13FO4S/c17-12-5-3-11(4-6-12)13(18)7-8-16(20)21-10-14(19)15-2-1-9-22-15/h1-6,9H,7-8,10H2. The third-order valence-electron chi connectivity index (χ3n) is 2.88. The molecule has 2 aromatic rings. The van der Waals surface area contributed by atoms with E-state index in [9.17, 15) is 18.8 Å². The zero-order valence-corrected chi connectivity index (χ0v) is 12.4. The first-order valence-electron chi connectivity index (χ1n) is 6.57. The number of rotatable bonds is 7. The Morgan fingerprint density at radius 2 is 1.73 bits per heavy atom. The molecule has 0 amide bonds. The van der Waals surface area contributed by atoms with E-state index >= 15 is 0 Å². The van der Waals surface area contributed by atoms with Crippen LogP contribution >= 0.6 is 11.3 Å². The fourth-order valence-electron chi connectivity index (χ4n) is 1.72. The van der Waals surface area contributed by atoms with Gasteiger partial charge in [-0.2, -0.15) is 0 Å². The van der Waals surface area contributed by atoms with Crippen molar-refractivity contribution in [3.05, 3.63) is 58.0 Å². The molecule has 0 unspecified atom stereocenters. The summed E-state index contributed by atoms with van der Waals surface area (Å²) < 4.78 is 17.6. The lowest BCUT2D eigenvalue weighted by atomic mass is 10.1. The Kier molecular flexibility index (Phi) is 5.55. The van der Waals surface area contributed by atoms with Crippen LogP contribution in [0.15, 0.2) is 41.8 Å². The van der Waals surface area contributed by atoms with Gasteiger partial charge in [-0.05, 0) is 35.7 Å². The van der Waals surface area contributed by atoms with Crippen molar-refractivity contribution in [1.82, 2.24) is 0 Å². The van der Waals surface area contributed by atoms with Gasteiger partial charge in [0.1, 0.15) is 5.82 Å². The van der Waals surface area contributed by atoms with E-state index in [-0.39, 0.29) is 31.0 Å². The summed E-state index contributed by atoms with van der Waals surface area (Å²) in [5.41, 5.74) is 0.337. The normalized spacial score (nSPS) is 10.2. The fourth-order valence-corrected chi connectivity index (χ4v) is 2.37. The van der Waals surface area contributed by atoms with E-state index in [0.29, 0.717) is 10.4 Å². The van der Waals surface area contributed by atoms with E-state index in [1.807, 2.05) is 0 Å². The molecule has 6 heteroatoms. The number of carbonyl (C=O) groups is 3. The molecule has 0 radical (unpaired) electrons. The van der Waals surface area contributed by atoms with Crippen LogP contribution in [0.1, 0.15) is 32.9 Å². The Balaban J connectivity index is 1.74. The van der Waals surface area contributed by atoms with Gasteiger partial charge in [0.2, 0.25) is 5.78 Å². The van der Waals surface area contributed by atoms with Gasteiger partial charge < -0.3 is 4.74 Å². The summed E-state index contributed by atoms with van der Waals surface area (Å²) in [7, 11) is 0. The summed E-state index contributed by atoms with van der Waals surface area (Å²) in [5.74, 6) is -1.59. The second-order valence-electron chi connectivity index (χ2n) is 4.49. The van der Waals surface area contributed by atoms with Gasteiger partial charge in [0.05, 0.1) is 11.3 Å². The van der Waals surface area contributed by atoms with Crippen LogP contribution in [0.2, 0.25) is 0 Å². The van der Waals surface area contributed by atoms with Crippen LogP contribution in [0.3, 0.4) is 0 Å². The third kappa shape index (κ3) is 4.60. The van der Waals surface area contributed by atoms with Crippen molar-refractivity contribution in [1.29, 1.82) is 0 Å². The van der Waals surface area contributed by atoms with E-state index in [2.05, 4.69) is 0 Å². The minimum Gasteiger partial charge on any atom is -0.457 e. The number of esters is 1. The predicted molar refractivity (Wildman–Crippen MR) is 79.6 cm³/mol.